The summed E-state index contributed by atoms with van der Waals surface area (Å²) in [6.45, 7) is 0.570. The number of aliphatic hydroxyl groups excluding tert-OH is 1. The number of rotatable bonds is 2. The molecule has 6 heteroatoms. The molecule has 1 saturated carbocycles. The van der Waals surface area contributed by atoms with E-state index in [1.807, 2.05) is 0 Å². The van der Waals surface area contributed by atoms with E-state index in [4.69, 9.17) is 4.74 Å². The minimum absolute atomic E-state index is 0.161. The Morgan fingerprint density at radius 3 is 3.04 bits per heavy atom. The Hall–Kier alpha value is -1.66. The summed E-state index contributed by atoms with van der Waals surface area (Å²) in [5.74, 6) is -0.232. The third-order valence-corrected chi connectivity index (χ3v) is 6.14. The largest absolute Gasteiger partial charge is 0.393 e. The summed E-state index contributed by atoms with van der Waals surface area (Å²) in [5, 5.41) is 10.1. The summed E-state index contributed by atoms with van der Waals surface area (Å²) in [6.07, 6.45) is 5.13. The molecule has 1 aliphatic heterocycles. The Morgan fingerprint density at radius 1 is 1.42 bits per heavy atom. The number of ether oxygens (including phenoxy) is 1. The van der Waals surface area contributed by atoms with Crippen molar-refractivity contribution in [3.05, 3.63) is 33.2 Å². The number of hydrogen-bond acceptors (Lipinski definition) is 4. The molecule has 0 aromatic carbocycles. The molecule has 2 N–H and O–H groups in total. The lowest BCUT2D eigenvalue weighted by Gasteiger charge is -2.42. The van der Waals surface area contributed by atoms with E-state index in [0.717, 1.165) is 43.4 Å². The lowest BCUT2D eigenvalue weighted by Crippen LogP contribution is -2.53. The lowest BCUT2D eigenvalue weighted by molar-refractivity contribution is -0.0824. The second-order valence-corrected chi connectivity index (χ2v) is 7.33. The quantitative estimate of drug-likeness (QED) is 0.847. The fourth-order valence-corrected chi connectivity index (χ4v) is 4.75. The number of aliphatic hydroxyl groups is 1. The van der Waals surface area contributed by atoms with E-state index in [1.54, 1.807) is 18.1 Å². The van der Waals surface area contributed by atoms with Gasteiger partial charge in [0.15, 0.2) is 0 Å². The van der Waals surface area contributed by atoms with E-state index in [9.17, 15) is 14.7 Å². The maximum atomic E-state index is 13.1. The number of carbonyl (C=O) groups is 1. The summed E-state index contributed by atoms with van der Waals surface area (Å²) in [7, 11) is 1.68. The Bertz CT molecular complexity index is 728. The molecule has 2 aliphatic carbocycles. The van der Waals surface area contributed by atoms with Crippen molar-refractivity contribution in [3.8, 4) is 0 Å². The molecule has 4 rings (SSSR count). The van der Waals surface area contributed by atoms with Crippen molar-refractivity contribution in [2.24, 2.45) is 0 Å². The van der Waals surface area contributed by atoms with Gasteiger partial charge in [0.1, 0.15) is 5.56 Å². The number of amides is 1. The number of methoxy groups -OCH3 is 1. The van der Waals surface area contributed by atoms with Crippen LogP contribution in [0.1, 0.15) is 53.7 Å². The summed E-state index contributed by atoms with van der Waals surface area (Å²) < 4.78 is 5.78. The number of H-pyrrole nitrogens is 1. The second-order valence-electron chi connectivity index (χ2n) is 7.33. The molecule has 0 spiro atoms. The first-order valence-corrected chi connectivity index (χ1v) is 8.83. The van der Waals surface area contributed by atoms with Crippen LogP contribution in [0.4, 0.5) is 0 Å². The first kappa shape index (κ1) is 15.8. The summed E-state index contributed by atoms with van der Waals surface area (Å²) in [5.41, 5.74) is 1.60. The molecular weight excluding hydrogens is 308 g/mol. The van der Waals surface area contributed by atoms with Gasteiger partial charge < -0.3 is 19.7 Å². The molecule has 0 unspecified atom stereocenters. The van der Waals surface area contributed by atoms with Crippen molar-refractivity contribution in [2.75, 3.05) is 13.7 Å². The first-order chi connectivity index (χ1) is 11.5. The van der Waals surface area contributed by atoms with Crippen LogP contribution in [0.2, 0.25) is 0 Å². The third kappa shape index (κ3) is 2.31. The smallest absolute Gasteiger partial charge is 0.261 e. The number of aromatic amines is 1. The van der Waals surface area contributed by atoms with Crippen LogP contribution < -0.4 is 5.56 Å². The summed E-state index contributed by atoms with van der Waals surface area (Å²) in [6, 6.07) is 1.61. The molecule has 24 heavy (non-hydrogen) atoms. The number of nitrogens with zero attached hydrogens (tertiary/aromatic N) is 1. The van der Waals surface area contributed by atoms with E-state index >= 15 is 0 Å². The normalized spacial score (nSPS) is 31.8. The van der Waals surface area contributed by atoms with Gasteiger partial charge in [-0.2, -0.15) is 0 Å². The number of aromatic nitrogens is 1. The highest BCUT2D eigenvalue weighted by Crippen LogP contribution is 2.42. The van der Waals surface area contributed by atoms with E-state index in [0.29, 0.717) is 19.4 Å². The SMILES string of the molecule is CO[C@@]12CC[C@@H](O)C[C@@H]1N(C(=O)c1cc3c([nH]c1=O)CCC3)CC2. The van der Waals surface area contributed by atoms with Crippen molar-refractivity contribution >= 4 is 5.91 Å². The maximum Gasteiger partial charge on any atom is 0.261 e. The third-order valence-electron chi connectivity index (χ3n) is 6.14. The molecule has 2 heterocycles. The molecule has 130 valence electrons. The van der Waals surface area contributed by atoms with Gasteiger partial charge in [-0.05, 0) is 56.6 Å². The fourth-order valence-electron chi connectivity index (χ4n) is 4.75. The minimum atomic E-state index is -0.412. The van der Waals surface area contributed by atoms with Crippen molar-refractivity contribution in [3.63, 3.8) is 0 Å². The van der Waals surface area contributed by atoms with Gasteiger partial charge >= 0.3 is 0 Å². The highest BCUT2D eigenvalue weighted by molar-refractivity contribution is 5.94. The highest BCUT2D eigenvalue weighted by Gasteiger charge is 2.52. The van der Waals surface area contributed by atoms with Crippen molar-refractivity contribution in [1.29, 1.82) is 0 Å². The van der Waals surface area contributed by atoms with Crippen LogP contribution in [0.25, 0.3) is 0 Å². The molecule has 1 amide bonds. The molecule has 3 atom stereocenters. The maximum absolute atomic E-state index is 13.1. The standard InChI is InChI=1S/C18H24N2O4/c1-24-18-6-5-12(21)10-15(18)20(8-7-18)17(23)13-9-11-3-2-4-14(11)19-16(13)22/h9,12,15,21H,2-8,10H2,1H3,(H,19,22)/t12-,15+,18-/m1/s1. The number of hydrogen-bond donors (Lipinski definition) is 2. The molecule has 0 radical (unpaired) electrons. The topological polar surface area (TPSA) is 82.6 Å². The van der Waals surface area contributed by atoms with Crippen LogP contribution in [0, 0.1) is 0 Å². The summed E-state index contributed by atoms with van der Waals surface area (Å²) in [4.78, 5) is 30.1. The zero-order chi connectivity index (χ0) is 16.9. The Balaban J connectivity index is 1.67. The molecule has 1 saturated heterocycles. The zero-order valence-electron chi connectivity index (χ0n) is 14.0. The molecule has 3 aliphatic rings. The van der Waals surface area contributed by atoms with Crippen LogP contribution in [0.3, 0.4) is 0 Å². The second kappa shape index (κ2) is 5.70. The average Bonchev–Trinajstić information content (AvgIpc) is 3.17. The van der Waals surface area contributed by atoms with Gasteiger partial charge in [-0.3, -0.25) is 9.59 Å². The van der Waals surface area contributed by atoms with Gasteiger partial charge in [0, 0.05) is 19.3 Å². The van der Waals surface area contributed by atoms with E-state index in [1.165, 1.54) is 0 Å². The average molecular weight is 332 g/mol. The number of nitrogens with one attached hydrogen (secondary N) is 1. The molecule has 2 fully saturated rings. The number of fused-ring (bicyclic) bond motifs is 2. The first-order valence-electron chi connectivity index (χ1n) is 8.83. The lowest BCUT2D eigenvalue weighted by atomic mass is 9.79. The van der Waals surface area contributed by atoms with Crippen LogP contribution in [0.15, 0.2) is 10.9 Å². The highest BCUT2D eigenvalue weighted by atomic mass is 16.5. The van der Waals surface area contributed by atoms with Crippen molar-refractivity contribution in [1.82, 2.24) is 9.88 Å². The Kier molecular flexibility index (Phi) is 3.77. The van der Waals surface area contributed by atoms with Crippen LogP contribution >= 0.6 is 0 Å². The van der Waals surface area contributed by atoms with Crippen LogP contribution in [-0.2, 0) is 17.6 Å². The van der Waals surface area contributed by atoms with Gasteiger partial charge in [0.25, 0.3) is 11.5 Å². The molecule has 1 aromatic heterocycles. The zero-order valence-corrected chi connectivity index (χ0v) is 14.0. The molecule has 1 aromatic rings. The number of likely N-dealkylation sites (tertiary alicyclic amines) is 1. The van der Waals surface area contributed by atoms with Crippen LogP contribution in [-0.4, -0.2) is 52.3 Å². The minimum Gasteiger partial charge on any atom is -0.393 e. The van der Waals surface area contributed by atoms with Gasteiger partial charge in [0.2, 0.25) is 0 Å². The van der Waals surface area contributed by atoms with E-state index < -0.39 is 6.10 Å². The van der Waals surface area contributed by atoms with Gasteiger partial charge in [0.05, 0.1) is 17.7 Å². The number of pyridine rings is 1. The Labute approximate surface area is 140 Å². The number of aryl methyl sites for hydroxylation is 2. The van der Waals surface area contributed by atoms with Crippen molar-refractivity contribution in [2.45, 2.75) is 62.7 Å². The number of carbonyl (C=O) groups excluding carboxylic acids is 1. The molecule has 0 bridgehead atoms. The van der Waals surface area contributed by atoms with Crippen LogP contribution in [0.5, 0.6) is 0 Å². The van der Waals surface area contributed by atoms with Gasteiger partial charge in [-0.25, -0.2) is 0 Å². The fraction of sp³-hybridized carbons (Fsp3) is 0.667. The Morgan fingerprint density at radius 2 is 2.25 bits per heavy atom. The predicted molar refractivity (Wildman–Crippen MR) is 88.1 cm³/mol. The summed E-state index contributed by atoms with van der Waals surface area (Å²) >= 11 is 0. The van der Waals surface area contributed by atoms with Gasteiger partial charge in [-0.1, -0.05) is 0 Å². The van der Waals surface area contributed by atoms with Crippen molar-refractivity contribution < 1.29 is 14.6 Å². The van der Waals surface area contributed by atoms with E-state index in [2.05, 4.69) is 4.98 Å². The monoisotopic (exact) mass is 332 g/mol. The predicted octanol–water partition coefficient (Wildman–Crippen LogP) is 1.01. The molecular formula is C18H24N2O4. The van der Waals surface area contributed by atoms with Gasteiger partial charge in [-0.15, -0.1) is 0 Å². The molecule has 6 nitrogen and oxygen atoms in total. The van der Waals surface area contributed by atoms with E-state index in [-0.39, 0.29) is 28.7 Å².